The van der Waals surface area contributed by atoms with Gasteiger partial charge in [0.15, 0.2) is 24.7 Å². The van der Waals surface area contributed by atoms with E-state index in [1.54, 1.807) is 30.3 Å². The van der Waals surface area contributed by atoms with Crippen molar-refractivity contribution in [2.45, 2.75) is 25.9 Å². The van der Waals surface area contributed by atoms with E-state index in [0.717, 1.165) is 17.7 Å². The number of azo groups is 1. The minimum absolute atomic E-state index is 0.316. The number of ether oxygens (including phenoxy) is 3. The van der Waals surface area contributed by atoms with Gasteiger partial charge in [-0.15, -0.1) is 0 Å². The number of esters is 1. The van der Waals surface area contributed by atoms with Crippen molar-refractivity contribution in [3.63, 3.8) is 0 Å². The van der Waals surface area contributed by atoms with Crippen molar-refractivity contribution in [3.05, 3.63) is 78.4 Å². The second kappa shape index (κ2) is 10.2. The lowest BCUT2D eigenvalue weighted by atomic mass is 10.0. The molecule has 3 aromatic carbocycles. The van der Waals surface area contributed by atoms with E-state index in [0.29, 0.717) is 22.9 Å². The van der Waals surface area contributed by atoms with Crippen LogP contribution in [-0.2, 0) is 20.7 Å². The zero-order valence-corrected chi connectivity index (χ0v) is 19.0. The van der Waals surface area contributed by atoms with E-state index in [1.807, 2.05) is 56.3 Å². The number of carbonyl (C=O) groups excluding carboxylic acids is 2. The first-order valence-electron chi connectivity index (χ1n) is 10.8. The van der Waals surface area contributed by atoms with Crippen molar-refractivity contribution >= 4 is 28.9 Å². The van der Waals surface area contributed by atoms with Gasteiger partial charge >= 0.3 is 5.97 Å². The Morgan fingerprint density at radius 2 is 1.62 bits per heavy atom. The molecule has 0 fully saturated rings. The first-order chi connectivity index (χ1) is 16.4. The van der Waals surface area contributed by atoms with E-state index in [1.165, 1.54) is 0 Å². The number of hydrogen-bond acceptors (Lipinski definition) is 7. The zero-order chi connectivity index (χ0) is 24.0. The number of nitrogens with zero attached hydrogens (tertiary/aromatic N) is 2. The van der Waals surface area contributed by atoms with E-state index in [9.17, 15) is 9.59 Å². The number of benzene rings is 3. The molecule has 174 valence electrons. The Labute approximate surface area is 197 Å². The third kappa shape index (κ3) is 6.19. The monoisotopic (exact) mass is 459 g/mol. The van der Waals surface area contributed by atoms with Crippen LogP contribution in [0.2, 0.25) is 0 Å². The zero-order valence-electron chi connectivity index (χ0n) is 19.0. The molecule has 1 aliphatic heterocycles. The molecule has 34 heavy (non-hydrogen) atoms. The topological polar surface area (TPSA) is 98.6 Å². The highest BCUT2D eigenvalue weighted by molar-refractivity contribution is 5.93. The summed E-state index contributed by atoms with van der Waals surface area (Å²) < 4.78 is 16.5. The van der Waals surface area contributed by atoms with Crippen LogP contribution in [0.1, 0.15) is 19.4 Å². The van der Waals surface area contributed by atoms with Crippen molar-refractivity contribution in [1.82, 2.24) is 0 Å². The molecule has 1 amide bonds. The quantitative estimate of drug-likeness (QED) is 0.360. The maximum atomic E-state index is 12.1. The Bertz CT molecular complexity index is 1190. The van der Waals surface area contributed by atoms with Crippen LogP contribution in [0.25, 0.3) is 0 Å². The molecular weight excluding hydrogens is 434 g/mol. The van der Waals surface area contributed by atoms with Crippen LogP contribution >= 0.6 is 0 Å². The third-order valence-electron chi connectivity index (χ3n) is 4.95. The highest BCUT2D eigenvalue weighted by Crippen LogP contribution is 2.41. The van der Waals surface area contributed by atoms with Crippen molar-refractivity contribution < 1.29 is 23.8 Å². The Hall–Kier alpha value is -4.20. The van der Waals surface area contributed by atoms with E-state index in [2.05, 4.69) is 15.5 Å². The first-order valence-corrected chi connectivity index (χ1v) is 10.8. The van der Waals surface area contributed by atoms with Gasteiger partial charge in [0, 0.05) is 17.7 Å². The number of rotatable bonds is 8. The number of amides is 1. The van der Waals surface area contributed by atoms with Gasteiger partial charge in [-0.3, -0.25) is 4.79 Å². The minimum Gasteiger partial charge on any atom is -0.483 e. The van der Waals surface area contributed by atoms with Gasteiger partial charge in [0.05, 0.1) is 11.4 Å². The number of para-hydroxylation sites is 1. The van der Waals surface area contributed by atoms with Gasteiger partial charge in [0.2, 0.25) is 0 Å². The van der Waals surface area contributed by atoms with Crippen LogP contribution in [-0.4, -0.2) is 30.7 Å². The van der Waals surface area contributed by atoms with Gasteiger partial charge in [-0.2, -0.15) is 10.2 Å². The molecule has 0 saturated carbocycles. The molecule has 4 rings (SSSR count). The Kier molecular flexibility index (Phi) is 6.87. The molecule has 0 bridgehead atoms. The average molecular weight is 460 g/mol. The highest BCUT2D eigenvalue weighted by atomic mass is 16.6. The van der Waals surface area contributed by atoms with Gasteiger partial charge in [-0.25, -0.2) is 4.79 Å². The maximum Gasteiger partial charge on any atom is 0.344 e. The SMILES string of the molecule is CC1(C)Cc2cccc(OCC(=O)OCC(=O)Nc3ccc(N=Nc4ccccc4)cc3)c2O1. The van der Waals surface area contributed by atoms with Crippen molar-refractivity contribution in [2.75, 3.05) is 18.5 Å². The number of nitrogens with one attached hydrogen (secondary N) is 1. The molecule has 0 atom stereocenters. The first kappa shape index (κ1) is 23.0. The summed E-state index contributed by atoms with van der Waals surface area (Å²) in [4.78, 5) is 24.2. The van der Waals surface area contributed by atoms with Crippen LogP contribution < -0.4 is 14.8 Å². The van der Waals surface area contributed by atoms with Crippen molar-refractivity contribution in [3.8, 4) is 11.5 Å². The predicted molar refractivity (Wildman–Crippen MR) is 127 cm³/mol. The predicted octanol–water partition coefficient (Wildman–Crippen LogP) is 5.38. The smallest absolute Gasteiger partial charge is 0.344 e. The molecule has 0 spiro atoms. The normalized spacial score (nSPS) is 13.7. The lowest BCUT2D eigenvalue weighted by Crippen LogP contribution is -2.25. The molecule has 1 N–H and O–H groups in total. The fraction of sp³-hybridized carbons (Fsp3) is 0.231. The largest absolute Gasteiger partial charge is 0.483 e. The molecule has 8 nitrogen and oxygen atoms in total. The van der Waals surface area contributed by atoms with E-state index >= 15 is 0 Å². The standard InChI is InChI=1S/C26H25N3O5/c1-26(2)15-18-7-6-10-22(25(18)34-26)32-17-24(31)33-16-23(30)27-19-11-13-21(14-12-19)29-28-20-8-4-3-5-9-20/h3-14H,15-17H2,1-2H3,(H,27,30). The molecule has 0 aliphatic carbocycles. The Morgan fingerprint density at radius 1 is 0.912 bits per heavy atom. The van der Waals surface area contributed by atoms with Gasteiger partial charge < -0.3 is 19.5 Å². The minimum atomic E-state index is -0.651. The number of anilines is 1. The summed E-state index contributed by atoms with van der Waals surface area (Å²) in [6.45, 7) is 3.24. The van der Waals surface area contributed by atoms with Crippen LogP contribution in [0.4, 0.5) is 17.1 Å². The summed E-state index contributed by atoms with van der Waals surface area (Å²) in [7, 11) is 0. The lowest BCUT2D eigenvalue weighted by molar-refractivity contribution is -0.149. The summed E-state index contributed by atoms with van der Waals surface area (Å²) in [5.41, 5.74) is 2.66. The lowest BCUT2D eigenvalue weighted by Gasteiger charge is -2.18. The maximum absolute atomic E-state index is 12.1. The fourth-order valence-corrected chi connectivity index (χ4v) is 3.44. The van der Waals surface area contributed by atoms with Gasteiger partial charge in [0.25, 0.3) is 5.91 Å². The molecule has 1 aliphatic rings. The van der Waals surface area contributed by atoms with E-state index < -0.39 is 18.5 Å². The van der Waals surface area contributed by atoms with Crippen LogP contribution in [0.3, 0.4) is 0 Å². The molecule has 0 unspecified atom stereocenters. The highest BCUT2D eigenvalue weighted by Gasteiger charge is 2.32. The van der Waals surface area contributed by atoms with Crippen molar-refractivity contribution in [1.29, 1.82) is 0 Å². The van der Waals surface area contributed by atoms with E-state index in [4.69, 9.17) is 14.2 Å². The number of fused-ring (bicyclic) bond motifs is 1. The molecule has 3 aromatic rings. The summed E-state index contributed by atoms with van der Waals surface area (Å²) in [6, 6.07) is 21.8. The van der Waals surface area contributed by atoms with Gasteiger partial charge in [-0.05, 0) is 56.3 Å². The summed E-state index contributed by atoms with van der Waals surface area (Å²) in [5.74, 6) is 0.0122. The average Bonchev–Trinajstić information content (AvgIpc) is 3.16. The Morgan fingerprint density at radius 3 is 2.35 bits per heavy atom. The molecular formula is C26H25N3O5. The number of carbonyl (C=O) groups is 2. The molecule has 0 saturated heterocycles. The summed E-state index contributed by atoms with van der Waals surface area (Å²) in [6.07, 6.45) is 0.765. The van der Waals surface area contributed by atoms with Crippen molar-refractivity contribution in [2.24, 2.45) is 10.2 Å². The van der Waals surface area contributed by atoms with E-state index in [-0.39, 0.29) is 12.2 Å². The number of hydrogen-bond donors (Lipinski definition) is 1. The second-order valence-corrected chi connectivity index (χ2v) is 8.36. The summed E-state index contributed by atoms with van der Waals surface area (Å²) >= 11 is 0. The second-order valence-electron chi connectivity index (χ2n) is 8.36. The molecule has 1 heterocycles. The van der Waals surface area contributed by atoms with Crippen LogP contribution in [0, 0.1) is 0 Å². The molecule has 0 radical (unpaired) electrons. The molecule has 0 aromatic heterocycles. The fourth-order valence-electron chi connectivity index (χ4n) is 3.44. The summed E-state index contributed by atoms with van der Waals surface area (Å²) in [5, 5.41) is 11.0. The van der Waals surface area contributed by atoms with Gasteiger partial charge in [0.1, 0.15) is 5.60 Å². The van der Waals surface area contributed by atoms with Crippen LogP contribution in [0.5, 0.6) is 11.5 Å². The van der Waals surface area contributed by atoms with Crippen LogP contribution in [0.15, 0.2) is 83.0 Å². The third-order valence-corrected chi connectivity index (χ3v) is 4.95. The Balaban J connectivity index is 1.21. The molecule has 8 heteroatoms. The van der Waals surface area contributed by atoms with Gasteiger partial charge in [-0.1, -0.05) is 30.3 Å².